The highest BCUT2D eigenvalue weighted by Crippen LogP contribution is 2.25. The molecule has 118 valence electrons. The lowest BCUT2D eigenvalue weighted by Gasteiger charge is -2.13. The molecule has 2 N–H and O–H groups in total. The maximum absolute atomic E-state index is 13.1. The lowest BCUT2D eigenvalue weighted by atomic mass is 10.1. The van der Waals surface area contributed by atoms with Gasteiger partial charge in [-0.25, -0.2) is 8.78 Å². The zero-order valence-electron chi connectivity index (χ0n) is 11.9. The summed E-state index contributed by atoms with van der Waals surface area (Å²) in [6.45, 7) is 1.48. The van der Waals surface area contributed by atoms with E-state index in [9.17, 15) is 24.0 Å². The molecule has 0 aliphatic carbocycles. The fourth-order valence-electron chi connectivity index (χ4n) is 1.95. The summed E-state index contributed by atoms with van der Waals surface area (Å²) in [6.07, 6.45) is -1.16. The monoisotopic (exact) mass is 312 g/mol. The molecule has 0 saturated carbocycles. The second-order valence-corrected chi connectivity index (χ2v) is 4.72. The van der Waals surface area contributed by atoms with Crippen LogP contribution in [-0.2, 0) is 7.05 Å². The molecule has 0 fully saturated rings. The van der Waals surface area contributed by atoms with Crippen molar-refractivity contribution in [2.45, 2.75) is 13.0 Å². The van der Waals surface area contributed by atoms with Gasteiger partial charge in [-0.05, 0) is 27.6 Å². The number of nitrogens with zero attached hydrogens (tertiary/aromatic N) is 3. The number of aliphatic hydroxyl groups is 1. The van der Waals surface area contributed by atoms with Gasteiger partial charge < -0.3 is 20.5 Å². The minimum Gasteiger partial charge on any atom is -0.387 e. The first-order valence-electron chi connectivity index (χ1n) is 6.36. The number of hydrogen-bond acceptors (Lipinski definition) is 5. The second kappa shape index (κ2) is 6.06. The summed E-state index contributed by atoms with van der Waals surface area (Å²) >= 11 is 0. The average Bonchev–Trinajstić information content (AvgIpc) is 2.75. The second-order valence-electron chi connectivity index (χ2n) is 4.72. The Morgan fingerprint density at radius 3 is 2.73 bits per heavy atom. The highest BCUT2D eigenvalue weighted by Gasteiger charge is 2.24. The minimum absolute atomic E-state index is 0.120. The Morgan fingerprint density at radius 1 is 1.45 bits per heavy atom. The van der Waals surface area contributed by atoms with Crippen LogP contribution in [0, 0.1) is 28.7 Å². The van der Waals surface area contributed by atoms with Gasteiger partial charge in [0.25, 0.3) is 0 Å². The Bertz CT molecular complexity index is 718. The molecule has 7 nitrogen and oxygen atoms in total. The van der Waals surface area contributed by atoms with Crippen molar-refractivity contribution in [3.63, 3.8) is 0 Å². The van der Waals surface area contributed by atoms with E-state index >= 15 is 0 Å². The number of aliphatic hydroxyl groups excluding tert-OH is 1. The third-order valence-corrected chi connectivity index (χ3v) is 3.26. The summed E-state index contributed by atoms with van der Waals surface area (Å²) in [5.41, 5.74) is 0.160. The van der Waals surface area contributed by atoms with Gasteiger partial charge in [-0.1, -0.05) is 6.07 Å². The van der Waals surface area contributed by atoms with Crippen LogP contribution in [0.25, 0.3) is 0 Å². The molecule has 0 amide bonds. The van der Waals surface area contributed by atoms with E-state index in [1.165, 1.54) is 10.6 Å². The molecule has 0 bridgehead atoms. The SMILES string of the molecule is Cc1nc([N+](=O)[O-])c(NC[C@H](O)c2ccc(F)c(F)c2)n1C. The van der Waals surface area contributed by atoms with E-state index < -0.39 is 22.7 Å². The van der Waals surface area contributed by atoms with E-state index in [4.69, 9.17) is 0 Å². The van der Waals surface area contributed by atoms with Crippen molar-refractivity contribution in [2.75, 3.05) is 11.9 Å². The topological polar surface area (TPSA) is 93.2 Å². The fourth-order valence-corrected chi connectivity index (χ4v) is 1.95. The summed E-state index contributed by atoms with van der Waals surface area (Å²) in [4.78, 5) is 14.1. The van der Waals surface area contributed by atoms with Crippen LogP contribution in [0.2, 0.25) is 0 Å². The van der Waals surface area contributed by atoms with Gasteiger partial charge in [-0.15, -0.1) is 0 Å². The lowest BCUT2D eigenvalue weighted by molar-refractivity contribution is -0.388. The van der Waals surface area contributed by atoms with Gasteiger partial charge in [0.15, 0.2) is 11.6 Å². The molecule has 1 atom stereocenters. The molecule has 0 aliphatic heterocycles. The van der Waals surface area contributed by atoms with Crippen molar-refractivity contribution in [3.8, 4) is 0 Å². The summed E-state index contributed by atoms with van der Waals surface area (Å²) < 4.78 is 27.5. The quantitative estimate of drug-likeness (QED) is 0.651. The Morgan fingerprint density at radius 2 is 2.14 bits per heavy atom. The molecule has 2 aromatic rings. The van der Waals surface area contributed by atoms with Crippen LogP contribution in [0.4, 0.5) is 20.4 Å². The summed E-state index contributed by atoms with van der Waals surface area (Å²) in [5.74, 6) is -1.89. The highest BCUT2D eigenvalue weighted by molar-refractivity contribution is 5.53. The van der Waals surface area contributed by atoms with Crippen LogP contribution in [0.15, 0.2) is 18.2 Å². The van der Waals surface area contributed by atoms with E-state index in [1.807, 2.05) is 0 Å². The van der Waals surface area contributed by atoms with Crippen molar-refractivity contribution in [2.24, 2.45) is 7.05 Å². The molecule has 22 heavy (non-hydrogen) atoms. The van der Waals surface area contributed by atoms with Crippen molar-refractivity contribution < 1.29 is 18.8 Å². The number of aryl methyl sites for hydroxylation is 1. The number of aromatic nitrogens is 2. The third kappa shape index (κ3) is 3.03. The Hall–Kier alpha value is -2.55. The summed E-state index contributed by atoms with van der Waals surface area (Å²) in [6, 6.07) is 3.03. The fraction of sp³-hybridized carbons (Fsp3) is 0.308. The summed E-state index contributed by atoms with van der Waals surface area (Å²) in [7, 11) is 1.58. The van der Waals surface area contributed by atoms with Crippen LogP contribution in [0.5, 0.6) is 0 Å². The predicted octanol–water partition coefficient (Wildman–Crippen LogP) is 2.06. The van der Waals surface area contributed by atoms with E-state index in [0.717, 1.165) is 12.1 Å². The smallest absolute Gasteiger partial charge is 0.387 e. The molecule has 2 rings (SSSR count). The third-order valence-electron chi connectivity index (χ3n) is 3.26. The Balaban J connectivity index is 2.16. The molecule has 9 heteroatoms. The lowest BCUT2D eigenvalue weighted by Crippen LogP contribution is -2.15. The predicted molar refractivity (Wildman–Crippen MR) is 74.4 cm³/mol. The number of imidazole rings is 1. The number of nitro groups is 1. The van der Waals surface area contributed by atoms with E-state index in [-0.39, 0.29) is 23.7 Å². The largest absolute Gasteiger partial charge is 0.406 e. The maximum atomic E-state index is 13.1. The van der Waals surface area contributed by atoms with Crippen LogP contribution in [0.3, 0.4) is 0 Å². The van der Waals surface area contributed by atoms with Gasteiger partial charge in [-0.2, -0.15) is 0 Å². The van der Waals surface area contributed by atoms with Gasteiger partial charge >= 0.3 is 5.82 Å². The van der Waals surface area contributed by atoms with Crippen molar-refractivity contribution in [3.05, 3.63) is 51.3 Å². The van der Waals surface area contributed by atoms with Gasteiger partial charge in [0.05, 0.1) is 6.10 Å². The number of rotatable bonds is 5. The zero-order valence-corrected chi connectivity index (χ0v) is 11.9. The minimum atomic E-state index is -1.16. The standard InChI is InChI=1S/C13H14F2N4O3/c1-7-17-13(19(21)22)12(18(7)2)16-6-11(20)8-3-4-9(14)10(15)5-8/h3-5,11,16,20H,6H2,1-2H3/t11-/m0/s1. The summed E-state index contributed by atoms with van der Waals surface area (Å²) in [5, 5.41) is 23.6. The van der Waals surface area contributed by atoms with Crippen molar-refractivity contribution in [1.29, 1.82) is 0 Å². The molecule has 0 saturated heterocycles. The van der Waals surface area contributed by atoms with Gasteiger partial charge in [0, 0.05) is 20.5 Å². The van der Waals surface area contributed by atoms with Crippen molar-refractivity contribution >= 4 is 11.6 Å². The molecular weight excluding hydrogens is 298 g/mol. The Kier molecular flexibility index (Phi) is 4.36. The van der Waals surface area contributed by atoms with E-state index in [2.05, 4.69) is 10.3 Å². The Labute approximate surface area is 124 Å². The van der Waals surface area contributed by atoms with Gasteiger partial charge in [0.2, 0.25) is 11.6 Å². The van der Waals surface area contributed by atoms with Crippen molar-refractivity contribution in [1.82, 2.24) is 9.55 Å². The molecule has 0 unspecified atom stereocenters. The number of hydrogen-bond donors (Lipinski definition) is 2. The number of halogens is 2. The van der Waals surface area contributed by atoms with E-state index in [0.29, 0.717) is 5.82 Å². The normalized spacial score (nSPS) is 12.2. The molecule has 0 spiro atoms. The number of nitrogens with one attached hydrogen (secondary N) is 1. The van der Waals surface area contributed by atoms with Gasteiger partial charge in [0.1, 0.15) is 0 Å². The molecule has 1 heterocycles. The highest BCUT2D eigenvalue weighted by atomic mass is 19.2. The van der Waals surface area contributed by atoms with Crippen LogP contribution < -0.4 is 5.32 Å². The van der Waals surface area contributed by atoms with E-state index in [1.54, 1.807) is 14.0 Å². The maximum Gasteiger partial charge on any atom is 0.406 e. The number of benzene rings is 1. The first-order valence-corrected chi connectivity index (χ1v) is 6.36. The van der Waals surface area contributed by atoms with Crippen LogP contribution in [-0.4, -0.2) is 26.1 Å². The first-order chi connectivity index (χ1) is 10.3. The van der Waals surface area contributed by atoms with Crippen LogP contribution in [0.1, 0.15) is 17.5 Å². The molecule has 0 aliphatic rings. The molecule has 1 aromatic carbocycles. The molecule has 1 aromatic heterocycles. The molecule has 0 radical (unpaired) electrons. The van der Waals surface area contributed by atoms with Gasteiger partial charge in [-0.3, -0.25) is 4.57 Å². The average molecular weight is 312 g/mol. The molecular formula is C13H14F2N4O3. The zero-order chi connectivity index (χ0) is 16.4. The first kappa shape index (κ1) is 15.8. The van der Waals surface area contributed by atoms with Crippen LogP contribution >= 0.6 is 0 Å². The number of anilines is 1.